The van der Waals surface area contributed by atoms with Crippen molar-refractivity contribution in [1.82, 2.24) is 9.88 Å². The lowest BCUT2D eigenvalue weighted by atomic mass is 9.78. The zero-order chi connectivity index (χ0) is 15.5. The molecule has 5 heteroatoms. The number of rotatable bonds is 4. The van der Waals surface area contributed by atoms with Crippen molar-refractivity contribution in [2.75, 3.05) is 7.05 Å². The molecule has 21 heavy (non-hydrogen) atoms. The molecule has 1 heterocycles. The molecule has 1 fully saturated rings. The Kier molecular flexibility index (Phi) is 4.60. The van der Waals surface area contributed by atoms with E-state index in [4.69, 9.17) is 0 Å². The molecule has 1 aliphatic carbocycles. The molecular formula is C16H22N2O3. The lowest BCUT2D eigenvalue weighted by Gasteiger charge is -2.44. The van der Waals surface area contributed by atoms with Gasteiger partial charge in [-0.25, -0.2) is 0 Å². The van der Waals surface area contributed by atoms with Gasteiger partial charge in [-0.05, 0) is 31.9 Å². The van der Waals surface area contributed by atoms with Gasteiger partial charge in [-0.2, -0.15) is 0 Å². The molecule has 1 aliphatic rings. The standard InChI is InChI=1S/C16H22N2O3/c1-12-10-13(6-9-17-12)15(21)18(2)16(11-14(19)20)7-4-3-5-8-16/h6,9-10H,3-5,7-8,11H2,1-2H3,(H,19,20). The number of carboxylic acid groups (broad SMARTS) is 1. The summed E-state index contributed by atoms with van der Waals surface area (Å²) in [5.41, 5.74) is 0.795. The summed E-state index contributed by atoms with van der Waals surface area (Å²) in [4.78, 5) is 29.7. The Hall–Kier alpha value is -1.91. The van der Waals surface area contributed by atoms with Crippen LogP contribution in [0.1, 0.15) is 54.6 Å². The minimum Gasteiger partial charge on any atom is -0.481 e. The number of pyridine rings is 1. The van der Waals surface area contributed by atoms with E-state index in [1.54, 1.807) is 30.3 Å². The summed E-state index contributed by atoms with van der Waals surface area (Å²) in [5, 5.41) is 9.23. The maximum atomic E-state index is 12.7. The van der Waals surface area contributed by atoms with E-state index in [1.807, 2.05) is 6.92 Å². The van der Waals surface area contributed by atoms with Crippen molar-refractivity contribution in [3.63, 3.8) is 0 Å². The number of aryl methyl sites for hydroxylation is 1. The number of carboxylic acids is 1. The molecule has 0 bridgehead atoms. The SMILES string of the molecule is Cc1cc(C(=O)N(C)C2(CC(=O)O)CCCCC2)ccn1. The molecule has 1 aromatic rings. The third kappa shape index (κ3) is 3.40. The normalized spacial score (nSPS) is 17.2. The van der Waals surface area contributed by atoms with Gasteiger partial charge in [0.15, 0.2) is 0 Å². The van der Waals surface area contributed by atoms with Crippen LogP contribution in [0.3, 0.4) is 0 Å². The molecular weight excluding hydrogens is 268 g/mol. The second-order valence-electron chi connectivity index (χ2n) is 5.91. The second kappa shape index (κ2) is 6.24. The summed E-state index contributed by atoms with van der Waals surface area (Å²) in [6.45, 7) is 1.84. The molecule has 2 rings (SSSR count). The Bertz CT molecular complexity index is 536. The quantitative estimate of drug-likeness (QED) is 0.925. The monoisotopic (exact) mass is 290 g/mol. The average molecular weight is 290 g/mol. The van der Waals surface area contributed by atoms with Crippen LogP contribution in [-0.4, -0.2) is 39.5 Å². The molecule has 0 radical (unpaired) electrons. The van der Waals surface area contributed by atoms with E-state index in [0.29, 0.717) is 5.56 Å². The topological polar surface area (TPSA) is 70.5 Å². The van der Waals surface area contributed by atoms with Crippen LogP contribution in [0.15, 0.2) is 18.3 Å². The number of aromatic nitrogens is 1. The van der Waals surface area contributed by atoms with Gasteiger partial charge < -0.3 is 10.0 Å². The van der Waals surface area contributed by atoms with Crippen molar-refractivity contribution < 1.29 is 14.7 Å². The van der Waals surface area contributed by atoms with Gasteiger partial charge >= 0.3 is 5.97 Å². The number of nitrogens with zero attached hydrogens (tertiary/aromatic N) is 2. The highest BCUT2D eigenvalue weighted by Crippen LogP contribution is 2.36. The Morgan fingerprint density at radius 2 is 2.00 bits per heavy atom. The molecule has 0 spiro atoms. The van der Waals surface area contributed by atoms with Crippen molar-refractivity contribution in [1.29, 1.82) is 0 Å². The molecule has 114 valence electrons. The number of amides is 1. The lowest BCUT2D eigenvalue weighted by molar-refractivity contribution is -0.140. The smallest absolute Gasteiger partial charge is 0.305 e. The van der Waals surface area contributed by atoms with Crippen LogP contribution in [-0.2, 0) is 4.79 Å². The maximum absolute atomic E-state index is 12.7. The molecule has 1 amide bonds. The average Bonchev–Trinajstić information content (AvgIpc) is 2.46. The Labute approximate surface area is 125 Å². The number of aliphatic carboxylic acids is 1. The maximum Gasteiger partial charge on any atom is 0.305 e. The summed E-state index contributed by atoms with van der Waals surface area (Å²) >= 11 is 0. The zero-order valence-corrected chi connectivity index (χ0v) is 12.6. The van der Waals surface area contributed by atoms with E-state index in [2.05, 4.69) is 4.98 Å². The van der Waals surface area contributed by atoms with Crippen LogP contribution in [0.4, 0.5) is 0 Å². The number of carbonyl (C=O) groups is 2. The number of hydrogen-bond donors (Lipinski definition) is 1. The van der Waals surface area contributed by atoms with Crippen LogP contribution in [0, 0.1) is 6.92 Å². The summed E-state index contributed by atoms with van der Waals surface area (Å²) in [6, 6.07) is 3.43. The van der Waals surface area contributed by atoms with Crippen LogP contribution >= 0.6 is 0 Å². The van der Waals surface area contributed by atoms with E-state index in [9.17, 15) is 14.7 Å². The third-order valence-corrected chi connectivity index (χ3v) is 4.42. The van der Waals surface area contributed by atoms with E-state index >= 15 is 0 Å². The third-order valence-electron chi connectivity index (χ3n) is 4.42. The predicted octanol–water partition coefficient (Wildman–Crippen LogP) is 2.64. The minimum atomic E-state index is -0.845. The minimum absolute atomic E-state index is 0.0132. The van der Waals surface area contributed by atoms with Gasteiger partial charge in [0.2, 0.25) is 0 Å². The van der Waals surface area contributed by atoms with Gasteiger partial charge in [-0.3, -0.25) is 14.6 Å². The molecule has 1 N–H and O–H groups in total. The molecule has 0 unspecified atom stereocenters. The second-order valence-corrected chi connectivity index (χ2v) is 5.91. The Balaban J connectivity index is 2.27. The van der Waals surface area contributed by atoms with Gasteiger partial charge in [0.05, 0.1) is 12.0 Å². The van der Waals surface area contributed by atoms with E-state index in [-0.39, 0.29) is 12.3 Å². The van der Waals surface area contributed by atoms with Gasteiger partial charge in [0, 0.05) is 24.5 Å². The molecule has 0 aromatic carbocycles. The van der Waals surface area contributed by atoms with Crippen molar-refractivity contribution in [3.8, 4) is 0 Å². The fourth-order valence-corrected chi connectivity index (χ4v) is 3.21. The molecule has 1 aromatic heterocycles. The van der Waals surface area contributed by atoms with Gasteiger partial charge in [-0.1, -0.05) is 19.3 Å². The first kappa shape index (κ1) is 15.5. The molecule has 0 aliphatic heterocycles. The molecule has 1 saturated carbocycles. The van der Waals surface area contributed by atoms with Crippen molar-refractivity contribution >= 4 is 11.9 Å². The Morgan fingerprint density at radius 1 is 1.33 bits per heavy atom. The highest BCUT2D eigenvalue weighted by molar-refractivity contribution is 5.94. The molecule has 5 nitrogen and oxygen atoms in total. The summed E-state index contributed by atoms with van der Waals surface area (Å²) < 4.78 is 0. The Morgan fingerprint density at radius 3 is 2.57 bits per heavy atom. The summed E-state index contributed by atoms with van der Waals surface area (Å²) in [7, 11) is 1.73. The first-order valence-electron chi connectivity index (χ1n) is 7.37. The van der Waals surface area contributed by atoms with Crippen molar-refractivity contribution in [2.24, 2.45) is 0 Å². The van der Waals surface area contributed by atoms with Crippen LogP contribution in [0.25, 0.3) is 0 Å². The first-order valence-corrected chi connectivity index (χ1v) is 7.37. The highest BCUT2D eigenvalue weighted by Gasteiger charge is 2.40. The fourth-order valence-electron chi connectivity index (χ4n) is 3.21. The number of hydrogen-bond acceptors (Lipinski definition) is 3. The van der Waals surface area contributed by atoms with Gasteiger partial charge in [-0.15, -0.1) is 0 Å². The highest BCUT2D eigenvalue weighted by atomic mass is 16.4. The van der Waals surface area contributed by atoms with Crippen LogP contribution < -0.4 is 0 Å². The van der Waals surface area contributed by atoms with E-state index in [0.717, 1.165) is 37.8 Å². The van der Waals surface area contributed by atoms with Crippen molar-refractivity contribution in [3.05, 3.63) is 29.6 Å². The number of carbonyl (C=O) groups excluding carboxylic acids is 1. The van der Waals surface area contributed by atoms with Crippen molar-refractivity contribution in [2.45, 2.75) is 51.0 Å². The predicted molar refractivity (Wildman–Crippen MR) is 79.1 cm³/mol. The van der Waals surface area contributed by atoms with E-state index < -0.39 is 11.5 Å². The molecule has 0 atom stereocenters. The van der Waals surface area contributed by atoms with Gasteiger partial charge in [0.25, 0.3) is 5.91 Å². The molecule has 0 saturated heterocycles. The van der Waals surface area contributed by atoms with Crippen LogP contribution in [0.2, 0.25) is 0 Å². The zero-order valence-electron chi connectivity index (χ0n) is 12.6. The fraction of sp³-hybridized carbons (Fsp3) is 0.562. The largest absolute Gasteiger partial charge is 0.481 e. The first-order chi connectivity index (χ1) is 9.94. The van der Waals surface area contributed by atoms with Gasteiger partial charge in [0.1, 0.15) is 0 Å². The summed E-state index contributed by atoms with van der Waals surface area (Å²) in [5.74, 6) is -0.967. The lowest BCUT2D eigenvalue weighted by Crippen LogP contribution is -2.52. The van der Waals surface area contributed by atoms with Crippen LogP contribution in [0.5, 0.6) is 0 Å². The summed E-state index contributed by atoms with van der Waals surface area (Å²) in [6.07, 6.45) is 6.19. The van der Waals surface area contributed by atoms with E-state index in [1.165, 1.54) is 0 Å².